The Morgan fingerprint density at radius 1 is 0.973 bits per heavy atom. The fourth-order valence-corrected chi connectivity index (χ4v) is 4.23. The van der Waals surface area contributed by atoms with Crippen molar-refractivity contribution in [1.82, 2.24) is 20.1 Å². The first-order valence-corrected chi connectivity index (χ1v) is 12.7. The van der Waals surface area contributed by atoms with Crippen molar-refractivity contribution < 1.29 is 29.0 Å². The lowest BCUT2D eigenvalue weighted by Crippen LogP contribution is -2.56. The number of pyridine rings is 1. The molecule has 1 aliphatic carbocycles. The Labute approximate surface area is 215 Å². The number of aliphatic carboxylic acids is 1. The second-order valence-electron chi connectivity index (χ2n) is 9.39. The fourth-order valence-electron chi connectivity index (χ4n) is 4.23. The molecule has 10 heteroatoms. The number of carbonyl (C=O) groups excluding carboxylic acids is 3. The van der Waals surface area contributed by atoms with E-state index in [2.05, 4.69) is 10.3 Å². The summed E-state index contributed by atoms with van der Waals surface area (Å²) in [5.74, 6) is -1.32. The summed E-state index contributed by atoms with van der Waals surface area (Å²) in [4.78, 5) is 57.3. The number of carboxylic acids is 1. The van der Waals surface area contributed by atoms with E-state index in [0.29, 0.717) is 31.3 Å². The monoisotopic (exact) mass is 508 g/mol. The summed E-state index contributed by atoms with van der Waals surface area (Å²) in [5.41, 5.74) is 1.59. The Balaban J connectivity index is 1.35. The summed E-state index contributed by atoms with van der Waals surface area (Å²) >= 11 is 0. The van der Waals surface area contributed by atoms with Crippen LogP contribution in [0.4, 0.5) is 4.79 Å². The van der Waals surface area contributed by atoms with Gasteiger partial charge >= 0.3 is 12.1 Å². The summed E-state index contributed by atoms with van der Waals surface area (Å²) in [6.07, 6.45) is 2.58. The van der Waals surface area contributed by atoms with Gasteiger partial charge < -0.3 is 25.0 Å². The number of aromatic nitrogens is 1. The van der Waals surface area contributed by atoms with E-state index in [1.54, 1.807) is 28.0 Å². The minimum Gasteiger partial charge on any atom is -0.481 e. The van der Waals surface area contributed by atoms with E-state index in [4.69, 9.17) is 9.84 Å². The van der Waals surface area contributed by atoms with Crippen LogP contribution in [0.5, 0.6) is 0 Å². The molecule has 2 heterocycles. The van der Waals surface area contributed by atoms with Gasteiger partial charge in [0.1, 0.15) is 11.7 Å². The maximum absolute atomic E-state index is 13.3. The van der Waals surface area contributed by atoms with Gasteiger partial charge in [-0.05, 0) is 30.9 Å². The van der Waals surface area contributed by atoms with E-state index in [-0.39, 0.29) is 43.6 Å². The predicted octanol–water partition coefficient (Wildman–Crippen LogP) is 2.79. The fraction of sp³-hybridized carbons (Fsp3) is 0.444. The van der Waals surface area contributed by atoms with Crippen molar-refractivity contribution in [3.05, 3.63) is 54.2 Å². The summed E-state index contributed by atoms with van der Waals surface area (Å²) in [6.45, 7) is 1.59. The number of piperazine rings is 1. The Bertz CT molecular complexity index is 1110. The maximum atomic E-state index is 13.3. The van der Waals surface area contributed by atoms with E-state index in [1.807, 2.05) is 30.3 Å². The summed E-state index contributed by atoms with van der Waals surface area (Å²) in [7, 11) is 0. The number of carbonyl (C=O) groups is 4. The quantitative estimate of drug-likeness (QED) is 0.505. The lowest BCUT2D eigenvalue weighted by Gasteiger charge is -2.36. The molecule has 2 aliphatic rings. The molecule has 10 nitrogen and oxygen atoms in total. The molecule has 4 rings (SSSR count). The number of ether oxygens (including phenoxy) is 1. The normalized spacial score (nSPS) is 16.1. The van der Waals surface area contributed by atoms with Gasteiger partial charge in [0.05, 0.1) is 12.3 Å². The molecule has 196 valence electrons. The van der Waals surface area contributed by atoms with Gasteiger partial charge in [-0.2, -0.15) is 0 Å². The third-order valence-electron chi connectivity index (χ3n) is 6.60. The van der Waals surface area contributed by atoms with Crippen LogP contribution in [0, 0.1) is 5.92 Å². The van der Waals surface area contributed by atoms with Gasteiger partial charge in [-0.15, -0.1) is 0 Å². The molecule has 1 atom stereocenters. The van der Waals surface area contributed by atoms with E-state index < -0.39 is 17.9 Å². The molecule has 1 aliphatic heterocycles. The lowest BCUT2D eigenvalue weighted by molar-refractivity contribution is -0.138. The molecule has 2 fully saturated rings. The number of hydrogen-bond acceptors (Lipinski definition) is 6. The molecule has 0 bridgehead atoms. The molecular formula is C27H32N4O6. The van der Waals surface area contributed by atoms with Crippen molar-refractivity contribution in [1.29, 1.82) is 0 Å². The smallest absolute Gasteiger partial charge is 0.409 e. The first-order chi connectivity index (χ1) is 17.9. The molecule has 0 radical (unpaired) electrons. The number of rotatable bonds is 10. The zero-order chi connectivity index (χ0) is 26.2. The van der Waals surface area contributed by atoms with Gasteiger partial charge in [-0.1, -0.05) is 49.2 Å². The SMILES string of the molecule is O=C(O)CC[C@H](NC(=O)c1cccc(-c2ccccc2)n1)C(=O)N1CCN(C(=O)OCCC2CC2)CC1. The molecule has 3 amide bonds. The van der Waals surface area contributed by atoms with Crippen LogP contribution in [0.3, 0.4) is 0 Å². The first kappa shape index (κ1) is 26.1. The molecule has 37 heavy (non-hydrogen) atoms. The summed E-state index contributed by atoms with van der Waals surface area (Å²) in [5, 5.41) is 11.8. The van der Waals surface area contributed by atoms with Crippen molar-refractivity contribution >= 4 is 23.9 Å². The maximum Gasteiger partial charge on any atom is 0.409 e. The minimum absolute atomic E-state index is 0.0539. The number of nitrogens with zero attached hydrogens (tertiary/aromatic N) is 3. The van der Waals surface area contributed by atoms with E-state index in [0.717, 1.165) is 12.0 Å². The van der Waals surface area contributed by atoms with Crippen molar-refractivity contribution in [2.24, 2.45) is 5.92 Å². The van der Waals surface area contributed by atoms with Crippen LogP contribution in [0.2, 0.25) is 0 Å². The Kier molecular flexibility index (Phi) is 8.71. The molecular weight excluding hydrogens is 476 g/mol. The van der Waals surface area contributed by atoms with Gasteiger partial charge in [0.15, 0.2) is 0 Å². The highest BCUT2D eigenvalue weighted by Gasteiger charge is 2.31. The standard InChI is InChI=1S/C27H32N4O6/c32-24(33)12-11-23(29-25(34)22-8-4-7-21(28-22)20-5-2-1-3-6-20)26(35)30-14-16-31(17-15-30)27(36)37-18-13-19-9-10-19/h1-8,19,23H,9-18H2,(H,29,34)(H,32,33)/t23-/m0/s1. The summed E-state index contributed by atoms with van der Waals surface area (Å²) in [6, 6.07) is 13.4. The molecule has 1 saturated carbocycles. The second-order valence-corrected chi connectivity index (χ2v) is 9.39. The van der Waals surface area contributed by atoms with Crippen LogP contribution < -0.4 is 5.32 Å². The topological polar surface area (TPSA) is 129 Å². The van der Waals surface area contributed by atoms with Crippen LogP contribution in [-0.4, -0.2) is 82.6 Å². The Morgan fingerprint density at radius 2 is 1.68 bits per heavy atom. The number of carboxylic acid groups (broad SMARTS) is 1. The number of amides is 3. The molecule has 1 aromatic carbocycles. The molecule has 0 spiro atoms. The van der Waals surface area contributed by atoms with E-state index in [1.165, 1.54) is 12.8 Å². The zero-order valence-electron chi connectivity index (χ0n) is 20.7. The van der Waals surface area contributed by atoms with Crippen LogP contribution in [0.15, 0.2) is 48.5 Å². The van der Waals surface area contributed by atoms with Gasteiger partial charge in [0.25, 0.3) is 5.91 Å². The Hall–Kier alpha value is -3.95. The number of benzene rings is 1. The third-order valence-corrected chi connectivity index (χ3v) is 6.60. The molecule has 2 aromatic rings. The second kappa shape index (κ2) is 12.3. The van der Waals surface area contributed by atoms with Gasteiger partial charge in [0.2, 0.25) is 5.91 Å². The minimum atomic E-state index is -1.06. The highest BCUT2D eigenvalue weighted by atomic mass is 16.6. The van der Waals surface area contributed by atoms with Crippen LogP contribution in [-0.2, 0) is 14.3 Å². The average molecular weight is 509 g/mol. The highest BCUT2D eigenvalue weighted by molar-refractivity contribution is 5.96. The van der Waals surface area contributed by atoms with Crippen LogP contribution in [0.1, 0.15) is 42.6 Å². The zero-order valence-corrected chi connectivity index (χ0v) is 20.7. The largest absolute Gasteiger partial charge is 0.481 e. The molecule has 2 N–H and O–H groups in total. The van der Waals surface area contributed by atoms with E-state index in [9.17, 15) is 19.2 Å². The van der Waals surface area contributed by atoms with Gasteiger partial charge in [-0.25, -0.2) is 9.78 Å². The van der Waals surface area contributed by atoms with Crippen molar-refractivity contribution in [2.75, 3.05) is 32.8 Å². The van der Waals surface area contributed by atoms with Gasteiger partial charge in [-0.3, -0.25) is 14.4 Å². The van der Waals surface area contributed by atoms with Crippen LogP contribution in [0.25, 0.3) is 11.3 Å². The average Bonchev–Trinajstić information content (AvgIpc) is 3.75. The van der Waals surface area contributed by atoms with Crippen molar-refractivity contribution in [3.63, 3.8) is 0 Å². The Morgan fingerprint density at radius 3 is 2.35 bits per heavy atom. The van der Waals surface area contributed by atoms with Crippen LogP contribution >= 0.6 is 0 Å². The highest BCUT2D eigenvalue weighted by Crippen LogP contribution is 2.32. The number of hydrogen-bond donors (Lipinski definition) is 2. The molecule has 1 saturated heterocycles. The lowest BCUT2D eigenvalue weighted by atomic mass is 10.1. The summed E-state index contributed by atoms with van der Waals surface area (Å²) < 4.78 is 5.34. The molecule has 1 aromatic heterocycles. The van der Waals surface area contributed by atoms with Crippen molar-refractivity contribution in [3.8, 4) is 11.3 Å². The number of nitrogens with one attached hydrogen (secondary N) is 1. The molecule has 0 unspecified atom stereocenters. The predicted molar refractivity (Wildman–Crippen MR) is 135 cm³/mol. The third kappa shape index (κ3) is 7.52. The van der Waals surface area contributed by atoms with Gasteiger partial charge in [0, 0.05) is 38.2 Å². The first-order valence-electron chi connectivity index (χ1n) is 12.7. The van der Waals surface area contributed by atoms with E-state index >= 15 is 0 Å². The van der Waals surface area contributed by atoms with Crippen molar-refractivity contribution in [2.45, 2.75) is 38.1 Å².